The molecule has 2 rings (SSSR count). The third-order valence-electron chi connectivity index (χ3n) is 2.30. The van der Waals surface area contributed by atoms with E-state index in [4.69, 9.17) is 16.3 Å². The summed E-state index contributed by atoms with van der Waals surface area (Å²) in [5.41, 5.74) is 1.59. The predicted molar refractivity (Wildman–Crippen MR) is 68.4 cm³/mol. The fourth-order valence-corrected chi connectivity index (χ4v) is 1.67. The van der Waals surface area contributed by atoms with Crippen molar-refractivity contribution in [3.05, 3.63) is 47.4 Å². The molecule has 0 spiro atoms. The van der Waals surface area contributed by atoms with E-state index in [-0.39, 0.29) is 5.28 Å². The number of ether oxygens (including phenoxy) is 1. The molecule has 92 valence electrons. The number of carbonyl (C=O) groups is 1. The van der Waals surface area contributed by atoms with Gasteiger partial charge in [-0.2, -0.15) is 0 Å². The van der Waals surface area contributed by atoms with E-state index in [1.165, 1.54) is 6.20 Å². The first kappa shape index (κ1) is 12.5. The summed E-state index contributed by atoms with van der Waals surface area (Å²) < 4.78 is 4.97. The van der Waals surface area contributed by atoms with Crippen LogP contribution in [0.15, 0.2) is 36.5 Å². The number of hydrogen-bond acceptors (Lipinski definition) is 4. The lowest BCUT2D eigenvalue weighted by atomic mass is 10.1. The Bertz CT molecular complexity index is 558. The molecule has 0 fully saturated rings. The van der Waals surface area contributed by atoms with Gasteiger partial charge in [0.25, 0.3) is 0 Å². The number of nitrogens with zero attached hydrogens (tertiary/aromatic N) is 2. The molecule has 0 saturated heterocycles. The van der Waals surface area contributed by atoms with Crippen molar-refractivity contribution in [3.8, 4) is 11.3 Å². The van der Waals surface area contributed by atoms with Crippen LogP contribution < -0.4 is 0 Å². The van der Waals surface area contributed by atoms with Crippen molar-refractivity contribution in [1.82, 2.24) is 9.97 Å². The molecule has 1 heterocycles. The molecule has 0 saturated carbocycles. The number of esters is 1. The van der Waals surface area contributed by atoms with Crippen LogP contribution in [0, 0.1) is 0 Å². The Hall–Kier alpha value is -1.94. The standard InChI is InChI=1S/C13H11ClN2O2/c1-2-18-12(17)10-8-15-13(14)16-11(10)9-6-4-3-5-7-9/h3-8H,2H2,1H3. The van der Waals surface area contributed by atoms with Gasteiger partial charge in [0.1, 0.15) is 5.56 Å². The molecule has 5 heteroatoms. The van der Waals surface area contributed by atoms with E-state index in [9.17, 15) is 4.79 Å². The molecule has 0 N–H and O–H groups in total. The molecule has 0 aliphatic carbocycles. The molecule has 0 aliphatic heterocycles. The molecule has 1 aromatic heterocycles. The molecule has 1 aromatic carbocycles. The van der Waals surface area contributed by atoms with Crippen LogP contribution in [0.2, 0.25) is 5.28 Å². The summed E-state index contributed by atoms with van der Waals surface area (Å²) in [6.45, 7) is 2.05. The Morgan fingerprint density at radius 2 is 2.06 bits per heavy atom. The third-order valence-corrected chi connectivity index (χ3v) is 2.48. The zero-order valence-corrected chi connectivity index (χ0v) is 10.5. The first-order valence-electron chi connectivity index (χ1n) is 5.47. The lowest BCUT2D eigenvalue weighted by molar-refractivity contribution is 0.0526. The lowest BCUT2D eigenvalue weighted by Gasteiger charge is -2.07. The van der Waals surface area contributed by atoms with E-state index in [0.717, 1.165) is 5.56 Å². The second-order valence-corrected chi connectivity index (χ2v) is 3.83. The minimum absolute atomic E-state index is 0.0990. The van der Waals surface area contributed by atoms with Gasteiger partial charge >= 0.3 is 5.97 Å². The maximum absolute atomic E-state index is 11.8. The first-order valence-corrected chi connectivity index (χ1v) is 5.85. The van der Waals surface area contributed by atoms with Crippen molar-refractivity contribution in [1.29, 1.82) is 0 Å². The predicted octanol–water partition coefficient (Wildman–Crippen LogP) is 2.97. The van der Waals surface area contributed by atoms with Crippen molar-refractivity contribution in [2.75, 3.05) is 6.61 Å². The average Bonchev–Trinajstić information content (AvgIpc) is 2.40. The van der Waals surface area contributed by atoms with Crippen LogP contribution in [0.25, 0.3) is 11.3 Å². The summed E-state index contributed by atoms with van der Waals surface area (Å²) in [5, 5.41) is 0.0990. The molecule has 2 aromatic rings. The topological polar surface area (TPSA) is 52.1 Å². The zero-order chi connectivity index (χ0) is 13.0. The van der Waals surface area contributed by atoms with E-state index < -0.39 is 5.97 Å². The Kier molecular flexibility index (Phi) is 3.89. The fraction of sp³-hybridized carbons (Fsp3) is 0.154. The Balaban J connectivity index is 2.51. The number of hydrogen-bond donors (Lipinski definition) is 0. The van der Waals surface area contributed by atoms with Gasteiger partial charge in [-0.3, -0.25) is 0 Å². The molecule has 0 aliphatic rings. The Morgan fingerprint density at radius 1 is 1.33 bits per heavy atom. The van der Waals surface area contributed by atoms with Crippen LogP contribution in [0.3, 0.4) is 0 Å². The summed E-state index contributed by atoms with van der Waals surface area (Å²) in [7, 11) is 0. The Morgan fingerprint density at radius 3 is 2.72 bits per heavy atom. The molecule has 0 amide bonds. The van der Waals surface area contributed by atoms with Crippen molar-refractivity contribution < 1.29 is 9.53 Å². The van der Waals surface area contributed by atoms with Crippen LogP contribution in [-0.2, 0) is 4.74 Å². The van der Waals surface area contributed by atoms with Crippen molar-refractivity contribution >= 4 is 17.6 Å². The third kappa shape index (κ3) is 2.65. The normalized spacial score (nSPS) is 10.1. The Labute approximate surface area is 110 Å². The van der Waals surface area contributed by atoms with Gasteiger partial charge in [-0.25, -0.2) is 14.8 Å². The van der Waals surface area contributed by atoms with E-state index in [1.807, 2.05) is 30.3 Å². The van der Waals surface area contributed by atoms with Gasteiger partial charge in [0.2, 0.25) is 5.28 Å². The molecule has 0 atom stereocenters. The highest BCUT2D eigenvalue weighted by atomic mass is 35.5. The number of carbonyl (C=O) groups excluding carboxylic acids is 1. The van der Waals surface area contributed by atoms with Crippen molar-refractivity contribution in [3.63, 3.8) is 0 Å². The number of rotatable bonds is 3. The second kappa shape index (κ2) is 5.60. The maximum Gasteiger partial charge on any atom is 0.341 e. The number of halogens is 1. The molecule has 18 heavy (non-hydrogen) atoms. The smallest absolute Gasteiger partial charge is 0.341 e. The summed E-state index contributed by atoms with van der Waals surface area (Å²) in [4.78, 5) is 19.7. The number of aromatic nitrogens is 2. The second-order valence-electron chi connectivity index (χ2n) is 3.49. The molecule has 0 bridgehead atoms. The quantitative estimate of drug-likeness (QED) is 0.630. The fourth-order valence-electron chi connectivity index (χ4n) is 1.53. The van der Waals surface area contributed by atoms with E-state index in [0.29, 0.717) is 17.9 Å². The summed E-state index contributed by atoms with van der Waals surface area (Å²) >= 11 is 5.77. The summed E-state index contributed by atoms with van der Waals surface area (Å²) in [5.74, 6) is -0.451. The molecular formula is C13H11ClN2O2. The highest BCUT2D eigenvalue weighted by Gasteiger charge is 2.16. The highest BCUT2D eigenvalue weighted by molar-refractivity contribution is 6.28. The van der Waals surface area contributed by atoms with Gasteiger partial charge in [0.15, 0.2) is 0 Å². The highest BCUT2D eigenvalue weighted by Crippen LogP contribution is 2.22. The summed E-state index contributed by atoms with van der Waals surface area (Å²) in [6, 6.07) is 9.31. The van der Waals surface area contributed by atoms with Gasteiger partial charge < -0.3 is 4.74 Å². The van der Waals surface area contributed by atoms with Gasteiger partial charge in [-0.05, 0) is 18.5 Å². The molecule has 0 unspecified atom stereocenters. The van der Waals surface area contributed by atoms with Gasteiger partial charge in [-0.1, -0.05) is 30.3 Å². The largest absolute Gasteiger partial charge is 0.462 e. The lowest BCUT2D eigenvalue weighted by Crippen LogP contribution is -2.08. The zero-order valence-electron chi connectivity index (χ0n) is 9.76. The van der Waals surface area contributed by atoms with Gasteiger partial charge in [0, 0.05) is 11.8 Å². The van der Waals surface area contributed by atoms with E-state index >= 15 is 0 Å². The van der Waals surface area contributed by atoms with Gasteiger partial charge in [0.05, 0.1) is 12.3 Å². The first-order chi connectivity index (χ1) is 8.72. The summed E-state index contributed by atoms with van der Waals surface area (Å²) in [6.07, 6.45) is 1.38. The minimum atomic E-state index is -0.451. The molecule has 0 radical (unpaired) electrons. The molecular weight excluding hydrogens is 252 g/mol. The van der Waals surface area contributed by atoms with Crippen LogP contribution in [-0.4, -0.2) is 22.5 Å². The van der Waals surface area contributed by atoms with Crippen molar-refractivity contribution in [2.45, 2.75) is 6.92 Å². The van der Waals surface area contributed by atoms with Crippen LogP contribution >= 0.6 is 11.6 Å². The van der Waals surface area contributed by atoms with Crippen LogP contribution in [0.5, 0.6) is 0 Å². The van der Waals surface area contributed by atoms with E-state index in [2.05, 4.69) is 9.97 Å². The monoisotopic (exact) mass is 262 g/mol. The van der Waals surface area contributed by atoms with Gasteiger partial charge in [-0.15, -0.1) is 0 Å². The average molecular weight is 263 g/mol. The molecule has 4 nitrogen and oxygen atoms in total. The van der Waals surface area contributed by atoms with Crippen LogP contribution in [0.4, 0.5) is 0 Å². The minimum Gasteiger partial charge on any atom is -0.462 e. The SMILES string of the molecule is CCOC(=O)c1cnc(Cl)nc1-c1ccccc1. The van der Waals surface area contributed by atoms with Crippen molar-refractivity contribution in [2.24, 2.45) is 0 Å². The van der Waals surface area contributed by atoms with Crippen LogP contribution in [0.1, 0.15) is 17.3 Å². The number of benzene rings is 1. The van der Waals surface area contributed by atoms with E-state index in [1.54, 1.807) is 6.92 Å². The maximum atomic E-state index is 11.8.